The molecule has 0 saturated carbocycles. The van der Waals surface area contributed by atoms with Gasteiger partial charge in [-0.2, -0.15) is 5.10 Å². The summed E-state index contributed by atoms with van der Waals surface area (Å²) in [6, 6.07) is 23.0. The monoisotopic (exact) mass is 686 g/mol. The Hall–Kier alpha value is -5.27. The fraction of sp³-hybridized carbons (Fsp3) is 0.206. The van der Waals surface area contributed by atoms with Crippen LogP contribution in [-0.2, 0) is 11.3 Å². The number of methoxy groups -OCH3 is 3. The molecule has 1 aliphatic rings. The second-order valence-electron chi connectivity index (χ2n) is 10.5. The normalized spacial score (nSPS) is 14.0. The molecule has 14 heteroatoms. The van der Waals surface area contributed by atoms with Gasteiger partial charge in [0.15, 0.2) is 28.2 Å². The molecule has 0 spiro atoms. The highest BCUT2D eigenvalue weighted by Gasteiger charge is 2.36. The van der Waals surface area contributed by atoms with Crippen LogP contribution in [0.4, 0.5) is 0 Å². The van der Waals surface area contributed by atoms with E-state index in [1.165, 1.54) is 23.0 Å². The maximum absolute atomic E-state index is 14.0. The largest absolute Gasteiger partial charge is 0.497 e. The van der Waals surface area contributed by atoms with E-state index < -0.39 is 11.9 Å². The van der Waals surface area contributed by atoms with Gasteiger partial charge in [0.05, 0.1) is 57.3 Å². The number of rotatable bonds is 12. The number of nitrogens with one attached hydrogen (secondary N) is 1. The van der Waals surface area contributed by atoms with Crippen molar-refractivity contribution in [1.82, 2.24) is 25.1 Å². The van der Waals surface area contributed by atoms with Crippen molar-refractivity contribution in [3.63, 3.8) is 0 Å². The highest BCUT2D eigenvalue weighted by Crippen LogP contribution is 2.42. The van der Waals surface area contributed by atoms with Gasteiger partial charge < -0.3 is 23.9 Å². The number of benzene rings is 3. The number of aromatic nitrogens is 3. The van der Waals surface area contributed by atoms with Crippen LogP contribution in [-0.4, -0.2) is 64.4 Å². The fourth-order valence-electron chi connectivity index (χ4n) is 5.34. The van der Waals surface area contributed by atoms with E-state index in [0.29, 0.717) is 39.6 Å². The zero-order valence-electron chi connectivity index (χ0n) is 26.3. The summed E-state index contributed by atoms with van der Waals surface area (Å²) in [7, 11) is 4.75. The van der Waals surface area contributed by atoms with Crippen molar-refractivity contribution in [3.8, 4) is 22.9 Å². The van der Waals surface area contributed by atoms with Crippen molar-refractivity contribution < 1.29 is 28.2 Å². The van der Waals surface area contributed by atoms with Gasteiger partial charge in [-0.1, -0.05) is 41.6 Å². The fourth-order valence-corrected chi connectivity index (χ4v) is 6.35. The van der Waals surface area contributed by atoms with Gasteiger partial charge in [0, 0.05) is 17.0 Å². The minimum absolute atomic E-state index is 0.0143. The summed E-state index contributed by atoms with van der Waals surface area (Å²) in [4.78, 5) is 26.6. The van der Waals surface area contributed by atoms with Gasteiger partial charge in [0.2, 0.25) is 0 Å². The van der Waals surface area contributed by atoms with Gasteiger partial charge in [-0.05, 0) is 66.2 Å². The van der Waals surface area contributed by atoms with Gasteiger partial charge in [-0.3, -0.25) is 14.2 Å². The van der Waals surface area contributed by atoms with E-state index in [1.54, 1.807) is 56.2 Å². The number of halogens is 1. The van der Waals surface area contributed by atoms with Gasteiger partial charge in [0.1, 0.15) is 5.75 Å². The first-order chi connectivity index (χ1) is 23.4. The second kappa shape index (κ2) is 14.7. The molecule has 1 N–H and O–H groups in total. The van der Waals surface area contributed by atoms with E-state index in [0.717, 1.165) is 22.6 Å². The lowest BCUT2D eigenvalue weighted by molar-refractivity contribution is -0.130. The predicted molar refractivity (Wildman–Crippen MR) is 180 cm³/mol. The van der Waals surface area contributed by atoms with Crippen molar-refractivity contribution in [2.24, 2.45) is 5.10 Å². The number of thioether (sulfide) groups is 1. The van der Waals surface area contributed by atoms with E-state index in [9.17, 15) is 9.59 Å². The number of hydrogen-bond acceptors (Lipinski definition) is 10. The molecule has 0 saturated heterocycles. The Morgan fingerprint density at radius 3 is 2.50 bits per heavy atom. The average Bonchev–Trinajstić information content (AvgIpc) is 3.90. The van der Waals surface area contributed by atoms with Crippen molar-refractivity contribution in [2.75, 3.05) is 27.1 Å². The quantitative estimate of drug-likeness (QED) is 0.158. The number of carbonyl (C=O) groups excluding carboxylic acids is 2. The lowest BCUT2D eigenvalue weighted by Crippen LogP contribution is -2.29. The number of nitrogens with zero attached hydrogens (tertiary/aromatic N) is 5. The van der Waals surface area contributed by atoms with Crippen LogP contribution in [0.2, 0.25) is 5.02 Å². The molecular weight excluding hydrogens is 656 g/mol. The van der Waals surface area contributed by atoms with E-state index in [4.69, 9.17) is 35.3 Å². The highest BCUT2D eigenvalue weighted by atomic mass is 35.5. The molecule has 3 heterocycles. The van der Waals surface area contributed by atoms with Crippen LogP contribution in [0, 0.1) is 0 Å². The standard InChI is InChI=1S/C34H31ClN6O6S/c1-44-24-14-12-21(13-15-24)26-18-27(25-9-5-10-28(45-2)32(25)46-3)41(39-26)31(42)20-48-34-38-37-30(19-36-33(43)29-11-6-16-47-29)40(34)23-8-4-7-22(35)17-23/h4-17,27H,18-20H2,1-3H3,(H,36,43). The third-order valence-corrected chi connectivity index (χ3v) is 8.77. The molecule has 2 aromatic heterocycles. The molecular formula is C34H31ClN6O6S. The Labute approximate surface area is 285 Å². The third kappa shape index (κ3) is 6.87. The molecule has 246 valence electrons. The van der Waals surface area contributed by atoms with Crippen LogP contribution < -0.4 is 19.5 Å². The van der Waals surface area contributed by atoms with Gasteiger partial charge >= 0.3 is 0 Å². The van der Waals surface area contributed by atoms with E-state index in [2.05, 4.69) is 15.5 Å². The first-order valence-corrected chi connectivity index (χ1v) is 16.2. The van der Waals surface area contributed by atoms with Crippen LogP contribution >= 0.6 is 23.4 Å². The van der Waals surface area contributed by atoms with Crippen LogP contribution in [0.5, 0.6) is 17.2 Å². The Balaban J connectivity index is 1.29. The minimum Gasteiger partial charge on any atom is -0.497 e. The summed E-state index contributed by atoms with van der Waals surface area (Å²) >= 11 is 7.53. The van der Waals surface area contributed by atoms with Crippen LogP contribution in [0.25, 0.3) is 5.69 Å². The maximum Gasteiger partial charge on any atom is 0.287 e. The molecule has 48 heavy (non-hydrogen) atoms. The van der Waals surface area contributed by atoms with Crippen molar-refractivity contribution in [3.05, 3.63) is 113 Å². The Morgan fingerprint density at radius 1 is 0.979 bits per heavy atom. The maximum atomic E-state index is 14.0. The molecule has 0 aliphatic carbocycles. The summed E-state index contributed by atoms with van der Waals surface area (Å²) in [6.45, 7) is 0.0485. The first-order valence-electron chi connectivity index (χ1n) is 14.8. The van der Waals surface area contributed by atoms with Crippen molar-refractivity contribution >= 4 is 40.9 Å². The number of furan rings is 1. The molecule has 6 rings (SSSR count). The minimum atomic E-state index is -0.460. The zero-order chi connectivity index (χ0) is 33.6. The molecule has 12 nitrogen and oxygen atoms in total. The third-order valence-electron chi connectivity index (χ3n) is 7.63. The number of hydrogen-bond donors (Lipinski definition) is 1. The SMILES string of the molecule is COc1ccc(C2=NN(C(=O)CSc3nnc(CNC(=O)c4ccco4)n3-c3cccc(Cl)c3)C(c3cccc(OC)c3OC)C2)cc1. The van der Waals surface area contributed by atoms with Gasteiger partial charge in [0.25, 0.3) is 11.8 Å². The number of para-hydroxylation sites is 1. The first kappa shape index (κ1) is 32.7. The number of carbonyl (C=O) groups is 2. The zero-order valence-corrected chi connectivity index (χ0v) is 27.8. The molecule has 2 amide bonds. The average molecular weight is 687 g/mol. The number of amides is 2. The Bertz CT molecular complexity index is 1950. The Kier molecular flexibility index (Phi) is 9.97. The summed E-state index contributed by atoms with van der Waals surface area (Å²) in [5, 5.41) is 18.8. The van der Waals surface area contributed by atoms with Crippen molar-refractivity contribution in [2.45, 2.75) is 24.2 Å². The number of hydrazone groups is 1. The number of ether oxygens (including phenoxy) is 3. The molecule has 1 atom stereocenters. The highest BCUT2D eigenvalue weighted by molar-refractivity contribution is 7.99. The summed E-state index contributed by atoms with van der Waals surface area (Å²) in [5.41, 5.74) is 3.04. The van der Waals surface area contributed by atoms with Crippen molar-refractivity contribution in [1.29, 1.82) is 0 Å². The molecule has 0 radical (unpaired) electrons. The molecule has 1 unspecified atom stereocenters. The van der Waals surface area contributed by atoms with E-state index >= 15 is 0 Å². The molecule has 0 bridgehead atoms. The molecule has 0 fully saturated rings. The summed E-state index contributed by atoms with van der Waals surface area (Å²) in [6.07, 6.45) is 1.87. The summed E-state index contributed by atoms with van der Waals surface area (Å²) in [5.74, 6) is 1.74. The topological polar surface area (TPSA) is 133 Å². The lowest BCUT2D eigenvalue weighted by Gasteiger charge is -2.24. The van der Waals surface area contributed by atoms with E-state index in [-0.39, 0.29) is 24.0 Å². The lowest BCUT2D eigenvalue weighted by atomic mass is 9.97. The van der Waals surface area contributed by atoms with Crippen LogP contribution in [0.1, 0.15) is 40.0 Å². The molecule has 3 aromatic carbocycles. The van der Waals surface area contributed by atoms with Crippen LogP contribution in [0.15, 0.2) is 99.8 Å². The smallest absolute Gasteiger partial charge is 0.287 e. The second-order valence-corrected chi connectivity index (χ2v) is 11.9. The predicted octanol–water partition coefficient (Wildman–Crippen LogP) is 5.94. The Morgan fingerprint density at radius 2 is 1.79 bits per heavy atom. The summed E-state index contributed by atoms with van der Waals surface area (Å²) < 4.78 is 23.6. The van der Waals surface area contributed by atoms with Gasteiger partial charge in [-0.25, -0.2) is 5.01 Å². The van der Waals surface area contributed by atoms with Crippen LogP contribution in [0.3, 0.4) is 0 Å². The molecule has 1 aliphatic heterocycles. The van der Waals surface area contributed by atoms with Gasteiger partial charge in [-0.15, -0.1) is 10.2 Å². The van der Waals surface area contributed by atoms with E-state index in [1.807, 2.05) is 48.5 Å². The molecule has 5 aromatic rings.